The summed E-state index contributed by atoms with van der Waals surface area (Å²) in [5, 5.41) is 0. The van der Waals surface area contributed by atoms with E-state index in [1.54, 1.807) is 6.07 Å². The average Bonchev–Trinajstić information content (AvgIpc) is 2.41. The number of hydrogen-bond acceptors (Lipinski definition) is 3. The van der Waals surface area contributed by atoms with Crippen LogP contribution >= 0.6 is 12.2 Å². The topological polar surface area (TPSA) is 32.5 Å². The first-order valence-electron chi connectivity index (χ1n) is 6.94. The van der Waals surface area contributed by atoms with Crippen molar-refractivity contribution in [2.24, 2.45) is 5.73 Å². The fraction of sp³-hybridized carbons (Fsp3) is 0.533. The normalized spacial score (nSPS) is 17.6. The molecule has 1 aliphatic heterocycles. The molecule has 0 unspecified atom stereocenters. The number of nitrogens with two attached hydrogens (primary N) is 1. The summed E-state index contributed by atoms with van der Waals surface area (Å²) in [5.41, 5.74) is 6.94. The van der Waals surface area contributed by atoms with Gasteiger partial charge >= 0.3 is 0 Å². The van der Waals surface area contributed by atoms with Crippen LogP contribution in [-0.2, 0) is 6.54 Å². The van der Waals surface area contributed by atoms with Crippen LogP contribution in [0.2, 0.25) is 0 Å². The van der Waals surface area contributed by atoms with Gasteiger partial charge in [0.2, 0.25) is 0 Å². The summed E-state index contributed by atoms with van der Waals surface area (Å²) in [6.07, 6.45) is 2.35. The molecule has 0 atom stereocenters. The van der Waals surface area contributed by atoms with Crippen LogP contribution in [-0.4, -0.2) is 48.0 Å². The molecule has 0 amide bonds. The Bertz CT molecular complexity index is 484. The van der Waals surface area contributed by atoms with Crippen molar-refractivity contribution in [3.63, 3.8) is 0 Å². The van der Waals surface area contributed by atoms with Gasteiger partial charge in [0.25, 0.3) is 0 Å². The summed E-state index contributed by atoms with van der Waals surface area (Å²) in [7, 11) is 4.28. The zero-order valence-electron chi connectivity index (χ0n) is 12.1. The van der Waals surface area contributed by atoms with Gasteiger partial charge in [-0.15, -0.1) is 0 Å². The van der Waals surface area contributed by atoms with Gasteiger partial charge in [0.05, 0.1) is 0 Å². The molecule has 2 rings (SSSR count). The molecule has 1 aliphatic rings. The molecule has 0 spiro atoms. The monoisotopic (exact) mass is 295 g/mol. The predicted molar refractivity (Wildman–Crippen MR) is 84.3 cm³/mol. The second kappa shape index (κ2) is 6.61. The minimum Gasteiger partial charge on any atom is -0.389 e. The number of likely N-dealkylation sites (tertiary alicyclic amines) is 1. The van der Waals surface area contributed by atoms with E-state index >= 15 is 0 Å². The van der Waals surface area contributed by atoms with Crippen LogP contribution < -0.4 is 5.73 Å². The Balaban J connectivity index is 2.02. The lowest BCUT2D eigenvalue weighted by atomic mass is 10.0. The number of piperidine rings is 1. The molecule has 1 saturated heterocycles. The Morgan fingerprint density at radius 3 is 2.70 bits per heavy atom. The van der Waals surface area contributed by atoms with E-state index in [1.807, 2.05) is 6.07 Å². The van der Waals surface area contributed by atoms with Gasteiger partial charge in [0.1, 0.15) is 10.8 Å². The molecule has 5 heteroatoms. The van der Waals surface area contributed by atoms with Gasteiger partial charge in [-0.05, 0) is 57.7 Å². The summed E-state index contributed by atoms with van der Waals surface area (Å²) in [6, 6.07) is 5.61. The molecule has 0 aliphatic carbocycles. The van der Waals surface area contributed by atoms with Crippen molar-refractivity contribution >= 4 is 17.2 Å². The van der Waals surface area contributed by atoms with Crippen molar-refractivity contribution in [1.82, 2.24) is 9.80 Å². The van der Waals surface area contributed by atoms with Crippen LogP contribution in [0.3, 0.4) is 0 Å². The number of benzene rings is 1. The Labute approximate surface area is 125 Å². The van der Waals surface area contributed by atoms with E-state index in [1.165, 1.54) is 18.9 Å². The van der Waals surface area contributed by atoms with Crippen LogP contribution in [0, 0.1) is 5.82 Å². The number of hydrogen-bond donors (Lipinski definition) is 1. The van der Waals surface area contributed by atoms with E-state index in [0.717, 1.165) is 25.2 Å². The molecule has 2 N–H and O–H groups in total. The summed E-state index contributed by atoms with van der Waals surface area (Å²) in [4.78, 5) is 4.81. The number of rotatable bonds is 4. The standard InChI is InChI=1S/C15H22FN3S/c1-18-7-5-12(6-8-18)19(2)10-11-3-4-14(16)13(9-11)15(17)20/h3-4,9,12H,5-8,10H2,1-2H3,(H2,17,20). The molecule has 110 valence electrons. The SMILES string of the molecule is CN1CCC(N(C)Cc2ccc(F)c(C(N)=S)c2)CC1. The number of halogens is 1. The molecule has 1 aromatic rings. The second-order valence-electron chi connectivity index (χ2n) is 5.63. The first-order chi connectivity index (χ1) is 9.47. The third-order valence-electron chi connectivity index (χ3n) is 4.04. The Morgan fingerprint density at radius 1 is 1.45 bits per heavy atom. The molecular weight excluding hydrogens is 273 g/mol. The third-order valence-corrected chi connectivity index (χ3v) is 4.26. The van der Waals surface area contributed by atoms with Crippen molar-refractivity contribution < 1.29 is 4.39 Å². The lowest BCUT2D eigenvalue weighted by Gasteiger charge is -2.35. The van der Waals surface area contributed by atoms with E-state index in [2.05, 4.69) is 23.9 Å². The average molecular weight is 295 g/mol. The molecular formula is C15H22FN3S. The first-order valence-corrected chi connectivity index (χ1v) is 7.35. The maximum atomic E-state index is 13.6. The minimum absolute atomic E-state index is 0.117. The van der Waals surface area contributed by atoms with Gasteiger partial charge in [-0.3, -0.25) is 4.90 Å². The van der Waals surface area contributed by atoms with E-state index in [-0.39, 0.29) is 10.8 Å². The van der Waals surface area contributed by atoms with Crippen LogP contribution in [0.15, 0.2) is 18.2 Å². The van der Waals surface area contributed by atoms with E-state index in [9.17, 15) is 4.39 Å². The number of nitrogens with zero attached hydrogens (tertiary/aromatic N) is 2. The lowest BCUT2D eigenvalue weighted by Crippen LogP contribution is -2.41. The maximum Gasteiger partial charge on any atom is 0.133 e. The largest absolute Gasteiger partial charge is 0.389 e. The van der Waals surface area contributed by atoms with Gasteiger partial charge in [0, 0.05) is 18.2 Å². The summed E-state index contributed by atoms with van der Waals surface area (Å²) in [5.74, 6) is -0.344. The quantitative estimate of drug-likeness (QED) is 0.861. The minimum atomic E-state index is -0.344. The fourth-order valence-corrected chi connectivity index (χ4v) is 2.87. The molecule has 3 nitrogen and oxygen atoms in total. The second-order valence-corrected chi connectivity index (χ2v) is 6.07. The van der Waals surface area contributed by atoms with Crippen molar-refractivity contribution in [3.05, 3.63) is 35.1 Å². The highest BCUT2D eigenvalue weighted by Crippen LogP contribution is 2.18. The highest BCUT2D eigenvalue weighted by Gasteiger charge is 2.20. The van der Waals surface area contributed by atoms with Crippen LogP contribution in [0.4, 0.5) is 4.39 Å². The van der Waals surface area contributed by atoms with Crippen molar-refractivity contribution in [2.75, 3.05) is 27.2 Å². The van der Waals surface area contributed by atoms with Crippen molar-refractivity contribution in [3.8, 4) is 0 Å². The van der Waals surface area contributed by atoms with E-state index < -0.39 is 0 Å². The molecule has 0 radical (unpaired) electrons. The van der Waals surface area contributed by atoms with Crippen molar-refractivity contribution in [1.29, 1.82) is 0 Å². The van der Waals surface area contributed by atoms with Crippen LogP contribution in [0.5, 0.6) is 0 Å². The van der Waals surface area contributed by atoms with Gasteiger partial charge in [-0.1, -0.05) is 18.3 Å². The predicted octanol–water partition coefficient (Wildman–Crippen LogP) is 1.99. The van der Waals surface area contributed by atoms with Crippen LogP contribution in [0.1, 0.15) is 24.0 Å². The highest BCUT2D eigenvalue weighted by molar-refractivity contribution is 7.80. The van der Waals surface area contributed by atoms with Gasteiger partial charge in [-0.2, -0.15) is 0 Å². The summed E-state index contributed by atoms with van der Waals surface area (Å²) < 4.78 is 13.6. The lowest BCUT2D eigenvalue weighted by molar-refractivity contribution is 0.139. The zero-order valence-corrected chi connectivity index (χ0v) is 12.9. The molecule has 0 saturated carbocycles. The molecule has 1 fully saturated rings. The molecule has 1 heterocycles. The zero-order chi connectivity index (χ0) is 14.7. The fourth-order valence-electron chi connectivity index (χ4n) is 2.71. The maximum absolute atomic E-state index is 13.6. The van der Waals surface area contributed by atoms with E-state index in [4.69, 9.17) is 18.0 Å². The molecule has 0 bridgehead atoms. The third kappa shape index (κ3) is 3.75. The summed E-state index contributed by atoms with van der Waals surface area (Å²) >= 11 is 4.88. The summed E-state index contributed by atoms with van der Waals surface area (Å²) in [6.45, 7) is 3.07. The van der Waals surface area contributed by atoms with Gasteiger partial charge in [-0.25, -0.2) is 4.39 Å². The number of thiocarbonyl (C=S) groups is 1. The Morgan fingerprint density at radius 2 is 2.10 bits per heavy atom. The highest BCUT2D eigenvalue weighted by atomic mass is 32.1. The Kier molecular flexibility index (Phi) is 5.07. The van der Waals surface area contributed by atoms with Gasteiger partial charge in [0.15, 0.2) is 0 Å². The first kappa shape index (κ1) is 15.4. The Hall–Kier alpha value is -1.04. The van der Waals surface area contributed by atoms with Crippen molar-refractivity contribution in [2.45, 2.75) is 25.4 Å². The van der Waals surface area contributed by atoms with E-state index in [0.29, 0.717) is 11.6 Å². The smallest absolute Gasteiger partial charge is 0.133 e. The molecule has 20 heavy (non-hydrogen) atoms. The molecule has 1 aromatic carbocycles. The van der Waals surface area contributed by atoms with Crippen LogP contribution in [0.25, 0.3) is 0 Å². The van der Waals surface area contributed by atoms with Gasteiger partial charge < -0.3 is 10.6 Å². The molecule has 0 aromatic heterocycles.